The fourth-order valence-electron chi connectivity index (χ4n) is 2.47. The second kappa shape index (κ2) is 6.40. The van der Waals surface area contributed by atoms with E-state index >= 15 is 0 Å². The van der Waals surface area contributed by atoms with Crippen LogP contribution in [0, 0.1) is 5.41 Å². The van der Waals surface area contributed by atoms with Crippen LogP contribution < -0.4 is 5.73 Å². The molecular weight excluding hydrogens is 260 g/mol. The van der Waals surface area contributed by atoms with Crippen molar-refractivity contribution in [2.45, 2.75) is 32.7 Å². The summed E-state index contributed by atoms with van der Waals surface area (Å²) in [7, 11) is 0. The zero-order chi connectivity index (χ0) is 13.2. The Morgan fingerprint density at radius 3 is 2.58 bits per heavy atom. The fraction of sp³-hybridized carbons (Fsp3) is 0.533. The first-order chi connectivity index (χ1) is 8.49. The standard InChI is InChI=1S/C15H22N2O.ClH/c1-15(2)11-17(9-8-13(15)16)14(18)10-12-6-4-3-5-7-12;/h3-7,13H,8-11,16H2,1-2H3;1H. The molecule has 1 aromatic rings. The van der Waals surface area contributed by atoms with Crippen LogP contribution >= 0.6 is 12.4 Å². The van der Waals surface area contributed by atoms with E-state index in [4.69, 9.17) is 5.73 Å². The molecule has 1 amide bonds. The van der Waals surface area contributed by atoms with Crippen LogP contribution in [-0.2, 0) is 11.2 Å². The number of carbonyl (C=O) groups is 1. The molecule has 19 heavy (non-hydrogen) atoms. The van der Waals surface area contributed by atoms with Crippen molar-refractivity contribution < 1.29 is 4.79 Å². The number of rotatable bonds is 2. The highest BCUT2D eigenvalue weighted by Gasteiger charge is 2.35. The third-order valence-corrected chi connectivity index (χ3v) is 3.86. The molecule has 1 unspecified atom stereocenters. The van der Waals surface area contributed by atoms with E-state index in [0.717, 1.165) is 25.1 Å². The summed E-state index contributed by atoms with van der Waals surface area (Å²) < 4.78 is 0. The Morgan fingerprint density at radius 2 is 2.00 bits per heavy atom. The Labute approximate surface area is 121 Å². The van der Waals surface area contributed by atoms with E-state index in [1.54, 1.807) is 0 Å². The molecule has 0 bridgehead atoms. The third-order valence-electron chi connectivity index (χ3n) is 3.86. The number of piperidine rings is 1. The van der Waals surface area contributed by atoms with Crippen LogP contribution in [0.3, 0.4) is 0 Å². The summed E-state index contributed by atoms with van der Waals surface area (Å²) in [4.78, 5) is 14.2. The Morgan fingerprint density at radius 1 is 1.37 bits per heavy atom. The van der Waals surface area contributed by atoms with Crippen LogP contribution in [-0.4, -0.2) is 29.9 Å². The average molecular weight is 283 g/mol. The number of halogens is 1. The minimum Gasteiger partial charge on any atom is -0.342 e. The minimum absolute atomic E-state index is 0. The molecule has 0 spiro atoms. The van der Waals surface area contributed by atoms with E-state index in [1.807, 2.05) is 35.2 Å². The molecule has 1 aromatic carbocycles. The lowest BCUT2D eigenvalue weighted by Gasteiger charge is -2.42. The van der Waals surface area contributed by atoms with Crippen molar-refractivity contribution >= 4 is 18.3 Å². The molecule has 1 fully saturated rings. The molecule has 1 aliphatic heterocycles. The molecule has 2 N–H and O–H groups in total. The van der Waals surface area contributed by atoms with Crippen molar-refractivity contribution in [3.8, 4) is 0 Å². The summed E-state index contributed by atoms with van der Waals surface area (Å²) in [6, 6.07) is 10.1. The van der Waals surface area contributed by atoms with Crippen LogP contribution in [0.2, 0.25) is 0 Å². The monoisotopic (exact) mass is 282 g/mol. The maximum absolute atomic E-state index is 12.2. The number of carbonyl (C=O) groups excluding carboxylic acids is 1. The van der Waals surface area contributed by atoms with Gasteiger partial charge in [0.25, 0.3) is 0 Å². The molecule has 2 rings (SSSR count). The maximum Gasteiger partial charge on any atom is 0.227 e. The van der Waals surface area contributed by atoms with E-state index in [9.17, 15) is 4.79 Å². The first kappa shape index (κ1) is 16.0. The molecular formula is C15H23ClN2O. The van der Waals surface area contributed by atoms with Crippen molar-refractivity contribution in [2.75, 3.05) is 13.1 Å². The first-order valence-electron chi connectivity index (χ1n) is 6.56. The SMILES string of the molecule is CC1(C)CN(C(=O)Cc2ccccc2)CCC1N.Cl. The Hall–Kier alpha value is -1.06. The van der Waals surface area contributed by atoms with Crippen molar-refractivity contribution in [2.24, 2.45) is 11.1 Å². The van der Waals surface area contributed by atoms with E-state index in [2.05, 4.69) is 13.8 Å². The zero-order valence-electron chi connectivity index (χ0n) is 11.6. The van der Waals surface area contributed by atoms with Gasteiger partial charge in [0.15, 0.2) is 0 Å². The molecule has 1 saturated heterocycles. The van der Waals surface area contributed by atoms with Gasteiger partial charge in [-0.3, -0.25) is 4.79 Å². The van der Waals surface area contributed by atoms with E-state index in [1.165, 1.54) is 0 Å². The number of amides is 1. The quantitative estimate of drug-likeness (QED) is 0.904. The second-order valence-corrected chi connectivity index (χ2v) is 5.86. The lowest BCUT2D eigenvalue weighted by Crippen LogP contribution is -2.54. The normalized spacial score (nSPS) is 21.6. The second-order valence-electron chi connectivity index (χ2n) is 5.86. The predicted molar refractivity (Wildman–Crippen MR) is 80.3 cm³/mol. The maximum atomic E-state index is 12.2. The van der Waals surface area contributed by atoms with E-state index < -0.39 is 0 Å². The zero-order valence-corrected chi connectivity index (χ0v) is 12.5. The van der Waals surface area contributed by atoms with Crippen LogP contribution in [0.25, 0.3) is 0 Å². The fourth-order valence-corrected chi connectivity index (χ4v) is 2.47. The van der Waals surface area contributed by atoms with Crippen molar-refractivity contribution in [3.05, 3.63) is 35.9 Å². The summed E-state index contributed by atoms with van der Waals surface area (Å²) in [5.74, 6) is 0.209. The van der Waals surface area contributed by atoms with Gasteiger partial charge in [-0.05, 0) is 17.4 Å². The first-order valence-corrected chi connectivity index (χ1v) is 6.56. The smallest absolute Gasteiger partial charge is 0.227 e. The van der Waals surface area contributed by atoms with E-state index in [-0.39, 0.29) is 29.8 Å². The van der Waals surface area contributed by atoms with Crippen molar-refractivity contribution in [1.29, 1.82) is 0 Å². The van der Waals surface area contributed by atoms with Crippen LogP contribution in [0.4, 0.5) is 0 Å². The van der Waals surface area contributed by atoms with Crippen molar-refractivity contribution in [3.63, 3.8) is 0 Å². The molecule has 0 saturated carbocycles. The lowest BCUT2D eigenvalue weighted by atomic mass is 9.79. The molecule has 1 heterocycles. The summed E-state index contributed by atoms with van der Waals surface area (Å²) in [6.07, 6.45) is 1.39. The van der Waals surface area contributed by atoms with Crippen LogP contribution in [0.15, 0.2) is 30.3 Å². The number of hydrogen-bond donors (Lipinski definition) is 1. The molecule has 4 heteroatoms. The molecule has 3 nitrogen and oxygen atoms in total. The lowest BCUT2D eigenvalue weighted by molar-refractivity contribution is -0.133. The number of hydrogen-bond acceptors (Lipinski definition) is 2. The number of likely N-dealkylation sites (tertiary alicyclic amines) is 1. The number of nitrogens with two attached hydrogens (primary N) is 1. The van der Waals surface area contributed by atoms with Gasteiger partial charge in [0.2, 0.25) is 5.91 Å². The highest BCUT2D eigenvalue weighted by Crippen LogP contribution is 2.27. The number of nitrogens with zero attached hydrogens (tertiary/aromatic N) is 1. The Balaban J connectivity index is 0.00000180. The van der Waals surface area contributed by atoms with Crippen molar-refractivity contribution in [1.82, 2.24) is 4.90 Å². The van der Waals surface area contributed by atoms with Gasteiger partial charge >= 0.3 is 0 Å². The Kier molecular flexibility index (Phi) is 5.39. The highest BCUT2D eigenvalue weighted by molar-refractivity contribution is 5.85. The molecule has 0 aliphatic carbocycles. The predicted octanol–water partition coefficient (Wildman–Crippen LogP) is 2.24. The largest absolute Gasteiger partial charge is 0.342 e. The molecule has 1 aliphatic rings. The summed E-state index contributed by atoms with van der Waals surface area (Å²) in [5, 5.41) is 0. The Bertz CT molecular complexity index is 419. The molecule has 0 aromatic heterocycles. The molecule has 106 valence electrons. The van der Waals surface area contributed by atoms with Crippen LogP contribution in [0.5, 0.6) is 0 Å². The third kappa shape index (κ3) is 3.95. The van der Waals surface area contributed by atoms with Gasteiger partial charge < -0.3 is 10.6 Å². The topological polar surface area (TPSA) is 46.3 Å². The van der Waals surface area contributed by atoms with Gasteiger partial charge in [-0.2, -0.15) is 0 Å². The minimum atomic E-state index is 0. The highest BCUT2D eigenvalue weighted by atomic mass is 35.5. The van der Waals surface area contributed by atoms with E-state index in [0.29, 0.717) is 6.42 Å². The molecule has 0 radical (unpaired) electrons. The van der Waals surface area contributed by atoms with Gasteiger partial charge in [0.05, 0.1) is 6.42 Å². The average Bonchev–Trinajstić information content (AvgIpc) is 2.34. The van der Waals surface area contributed by atoms with Gasteiger partial charge in [-0.25, -0.2) is 0 Å². The van der Waals surface area contributed by atoms with Gasteiger partial charge in [-0.15, -0.1) is 12.4 Å². The summed E-state index contributed by atoms with van der Waals surface area (Å²) >= 11 is 0. The van der Waals surface area contributed by atoms with Gasteiger partial charge in [0, 0.05) is 19.1 Å². The summed E-state index contributed by atoms with van der Waals surface area (Å²) in [6.45, 7) is 5.83. The van der Waals surface area contributed by atoms with Crippen LogP contribution in [0.1, 0.15) is 25.8 Å². The van der Waals surface area contributed by atoms with Gasteiger partial charge in [-0.1, -0.05) is 44.2 Å². The number of benzene rings is 1. The molecule has 1 atom stereocenters. The van der Waals surface area contributed by atoms with Gasteiger partial charge in [0.1, 0.15) is 0 Å². The summed E-state index contributed by atoms with van der Waals surface area (Å²) in [5.41, 5.74) is 7.19.